The summed E-state index contributed by atoms with van der Waals surface area (Å²) in [6.07, 6.45) is 8.24. The molecular weight excluding hydrogens is 208 g/mol. The van der Waals surface area contributed by atoms with Crippen molar-refractivity contribution in [1.29, 1.82) is 0 Å². The molecule has 0 amide bonds. The minimum atomic E-state index is 0.714. The van der Waals surface area contributed by atoms with E-state index >= 15 is 0 Å². The highest BCUT2D eigenvalue weighted by molar-refractivity contribution is 4.74. The fraction of sp³-hybridized carbons (Fsp3) is 1.00. The van der Waals surface area contributed by atoms with Crippen molar-refractivity contribution in [1.82, 2.24) is 10.2 Å². The Morgan fingerprint density at radius 2 is 1.88 bits per heavy atom. The predicted molar refractivity (Wildman–Crippen MR) is 76.4 cm³/mol. The Balaban J connectivity index is 2.02. The van der Waals surface area contributed by atoms with Gasteiger partial charge in [-0.15, -0.1) is 0 Å². The minimum absolute atomic E-state index is 0.714. The Kier molecular flexibility index (Phi) is 7.87. The smallest absolute Gasteiger partial charge is 0.00388 e. The van der Waals surface area contributed by atoms with Crippen molar-refractivity contribution in [2.75, 3.05) is 26.2 Å². The quantitative estimate of drug-likeness (QED) is 0.655. The zero-order chi connectivity index (χ0) is 12.5. The summed E-state index contributed by atoms with van der Waals surface area (Å²) in [5.74, 6) is 0.923. The summed E-state index contributed by atoms with van der Waals surface area (Å²) in [5, 5.41) is 3.73. The second kappa shape index (κ2) is 8.93. The van der Waals surface area contributed by atoms with Crippen LogP contribution in [0, 0.1) is 5.92 Å². The van der Waals surface area contributed by atoms with Gasteiger partial charge in [0.05, 0.1) is 0 Å². The number of rotatable bonds is 8. The van der Waals surface area contributed by atoms with Crippen LogP contribution in [-0.4, -0.2) is 37.1 Å². The first-order valence-corrected chi connectivity index (χ1v) is 7.72. The molecule has 1 saturated heterocycles. The number of nitrogens with zero attached hydrogens (tertiary/aromatic N) is 1. The fourth-order valence-corrected chi connectivity index (χ4v) is 2.68. The summed E-state index contributed by atoms with van der Waals surface area (Å²) < 4.78 is 0. The van der Waals surface area contributed by atoms with Crippen LogP contribution in [0.2, 0.25) is 0 Å². The summed E-state index contributed by atoms with van der Waals surface area (Å²) in [7, 11) is 0. The number of hydrogen-bond donors (Lipinski definition) is 1. The first-order chi connectivity index (χ1) is 8.26. The zero-order valence-electron chi connectivity index (χ0n) is 12.2. The molecule has 17 heavy (non-hydrogen) atoms. The third-order valence-electron chi connectivity index (χ3n) is 4.15. The summed E-state index contributed by atoms with van der Waals surface area (Å²) in [5.41, 5.74) is 0. The molecule has 1 N–H and O–H groups in total. The van der Waals surface area contributed by atoms with Crippen molar-refractivity contribution in [2.45, 2.75) is 65.3 Å². The first kappa shape index (κ1) is 15.0. The van der Waals surface area contributed by atoms with Gasteiger partial charge in [0, 0.05) is 6.04 Å². The molecule has 2 heteroatoms. The molecule has 1 atom stereocenters. The van der Waals surface area contributed by atoms with Gasteiger partial charge in [-0.25, -0.2) is 0 Å². The van der Waals surface area contributed by atoms with Crippen molar-refractivity contribution < 1.29 is 0 Å². The fourth-order valence-electron chi connectivity index (χ4n) is 2.68. The Hall–Kier alpha value is -0.0800. The van der Waals surface area contributed by atoms with Gasteiger partial charge in [-0.1, -0.05) is 33.1 Å². The van der Waals surface area contributed by atoms with Crippen LogP contribution in [0.25, 0.3) is 0 Å². The second-order valence-electron chi connectivity index (χ2n) is 5.68. The summed E-state index contributed by atoms with van der Waals surface area (Å²) in [4.78, 5) is 2.57. The maximum atomic E-state index is 3.73. The van der Waals surface area contributed by atoms with E-state index in [9.17, 15) is 0 Å². The van der Waals surface area contributed by atoms with Crippen molar-refractivity contribution in [3.63, 3.8) is 0 Å². The van der Waals surface area contributed by atoms with E-state index in [1.807, 2.05) is 0 Å². The molecule has 102 valence electrons. The molecule has 0 saturated carbocycles. The van der Waals surface area contributed by atoms with E-state index in [2.05, 4.69) is 31.0 Å². The van der Waals surface area contributed by atoms with Crippen LogP contribution in [0.4, 0.5) is 0 Å². The van der Waals surface area contributed by atoms with E-state index in [1.54, 1.807) is 0 Å². The van der Waals surface area contributed by atoms with Gasteiger partial charge in [0.1, 0.15) is 0 Å². The standard InChI is InChI=1S/C15H32N2/c1-4-6-7-8-14(3)16-13-15-9-11-17(5-2)12-10-15/h14-16H,4-13H2,1-3H3. The molecule has 0 aliphatic carbocycles. The SMILES string of the molecule is CCCCCC(C)NCC1CCN(CC)CC1. The first-order valence-electron chi connectivity index (χ1n) is 7.72. The lowest BCUT2D eigenvalue weighted by Gasteiger charge is -2.31. The van der Waals surface area contributed by atoms with E-state index in [-0.39, 0.29) is 0 Å². The van der Waals surface area contributed by atoms with Gasteiger partial charge in [-0.05, 0) is 58.3 Å². The summed E-state index contributed by atoms with van der Waals surface area (Å²) in [6.45, 7) is 12.0. The third-order valence-corrected chi connectivity index (χ3v) is 4.15. The second-order valence-corrected chi connectivity index (χ2v) is 5.68. The van der Waals surface area contributed by atoms with Crippen LogP contribution in [0.3, 0.4) is 0 Å². The van der Waals surface area contributed by atoms with E-state index in [4.69, 9.17) is 0 Å². The highest BCUT2D eigenvalue weighted by Crippen LogP contribution is 2.16. The van der Waals surface area contributed by atoms with Gasteiger partial charge < -0.3 is 10.2 Å². The van der Waals surface area contributed by atoms with Gasteiger partial charge in [-0.3, -0.25) is 0 Å². The number of hydrogen-bond acceptors (Lipinski definition) is 2. The van der Waals surface area contributed by atoms with E-state index in [1.165, 1.54) is 64.7 Å². The molecule has 0 bridgehead atoms. The Labute approximate surface area is 108 Å². The topological polar surface area (TPSA) is 15.3 Å². The molecular formula is C15H32N2. The Morgan fingerprint density at radius 3 is 2.47 bits per heavy atom. The summed E-state index contributed by atoms with van der Waals surface area (Å²) >= 11 is 0. The van der Waals surface area contributed by atoms with Gasteiger partial charge in [0.15, 0.2) is 0 Å². The number of unbranched alkanes of at least 4 members (excludes halogenated alkanes) is 2. The molecule has 1 rings (SSSR count). The Morgan fingerprint density at radius 1 is 1.18 bits per heavy atom. The predicted octanol–water partition coefficient (Wildman–Crippen LogP) is 3.28. The van der Waals surface area contributed by atoms with Crippen molar-refractivity contribution in [2.24, 2.45) is 5.92 Å². The third kappa shape index (κ3) is 6.42. The Bertz CT molecular complexity index is 174. The van der Waals surface area contributed by atoms with Gasteiger partial charge in [-0.2, -0.15) is 0 Å². The van der Waals surface area contributed by atoms with Crippen molar-refractivity contribution in [3.05, 3.63) is 0 Å². The van der Waals surface area contributed by atoms with E-state index in [0.29, 0.717) is 6.04 Å². The minimum Gasteiger partial charge on any atom is -0.314 e. The molecule has 0 aromatic rings. The lowest BCUT2D eigenvalue weighted by molar-refractivity contribution is 0.187. The van der Waals surface area contributed by atoms with Gasteiger partial charge in [0.25, 0.3) is 0 Å². The highest BCUT2D eigenvalue weighted by atomic mass is 15.1. The van der Waals surface area contributed by atoms with Crippen molar-refractivity contribution >= 4 is 0 Å². The van der Waals surface area contributed by atoms with Crippen LogP contribution >= 0.6 is 0 Å². The molecule has 1 unspecified atom stereocenters. The largest absolute Gasteiger partial charge is 0.314 e. The van der Waals surface area contributed by atoms with Gasteiger partial charge in [0.2, 0.25) is 0 Å². The molecule has 1 aliphatic rings. The van der Waals surface area contributed by atoms with Crippen LogP contribution in [0.1, 0.15) is 59.3 Å². The maximum Gasteiger partial charge on any atom is 0.00388 e. The molecule has 0 aromatic heterocycles. The average molecular weight is 240 g/mol. The molecule has 0 aromatic carbocycles. The molecule has 0 spiro atoms. The maximum absolute atomic E-state index is 3.73. The number of piperidine rings is 1. The molecule has 1 aliphatic heterocycles. The van der Waals surface area contributed by atoms with Crippen LogP contribution in [-0.2, 0) is 0 Å². The number of likely N-dealkylation sites (tertiary alicyclic amines) is 1. The van der Waals surface area contributed by atoms with Crippen molar-refractivity contribution in [3.8, 4) is 0 Å². The number of nitrogens with one attached hydrogen (secondary N) is 1. The summed E-state index contributed by atoms with van der Waals surface area (Å²) in [6, 6.07) is 0.714. The molecule has 0 radical (unpaired) electrons. The molecule has 1 heterocycles. The average Bonchev–Trinajstić information content (AvgIpc) is 2.37. The van der Waals surface area contributed by atoms with Gasteiger partial charge >= 0.3 is 0 Å². The monoisotopic (exact) mass is 240 g/mol. The lowest BCUT2D eigenvalue weighted by Crippen LogP contribution is -2.39. The van der Waals surface area contributed by atoms with Crippen LogP contribution in [0.15, 0.2) is 0 Å². The van der Waals surface area contributed by atoms with E-state index < -0.39 is 0 Å². The lowest BCUT2D eigenvalue weighted by atomic mass is 9.96. The highest BCUT2D eigenvalue weighted by Gasteiger charge is 2.18. The van der Waals surface area contributed by atoms with Crippen LogP contribution in [0.5, 0.6) is 0 Å². The molecule has 1 fully saturated rings. The molecule has 2 nitrogen and oxygen atoms in total. The normalized spacial score (nSPS) is 20.6. The van der Waals surface area contributed by atoms with Crippen LogP contribution < -0.4 is 5.32 Å². The zero-order valence-corrected chi connectivity index (χ0v) is 12.2. The van der Waals surface area contributed by atoms with E-state index in [0.717, 1.165) is 5.92 Å².